The van der Waals surface area contributed by atoms with Crippen LogP contribution in [0.4, 0.5) is 8.78 Å². The Morgan fingerprint density at radius 2 is 0.754 bits per heavy atom. The predicted octanol–water partition coefficient (Wildman–Crippen LogP) is 15.2. The van der Waals surface area contributed by atoms with E-state index in [4.69, 9.17) is 14.2 Å². The molecule has 0 aromatic heterocycles. The van der Waals surface area contributed by atoms with Crippen molar-refractivity contribution in [3.63, 3.8) is 0 Å². The molecule has 0 saturated heterocycles. The van der Waals surface area contributed by atoms with Gasteiger partial charge in [-0.3, -0.25) is 0 Å². The molecule has 0 fully saturated rings. The van der Waals surface area contributed by atoms with E-state index in [-0.39, 0.29) is 9.13 Å². The topological polar surface area (TPSA) is 27.7 Å². The lowest BCUT2D eigenvalue weighted by atomic mass is 9.69. The van der Waals surface area contributed by atoms with Crippen LogP contribution < -0.4 is 14.2 Å². The Bertz CT molecular complexity index is 1590. The van der Waals surface area contributed by atoms with Crippen molar-refractivity contribution in [2.24, 2.45) is 0 Å². The summed E-state index contributed by atoms with van der Waals surface area (Å²) in [4.78, 5) is 0. The maximum Gasteiger partial charge on any atom is 0.140 e. The van der Waals surface area contributed by atoms with Crippen LogP contribution in [0, 0.1) is 27.0 Å². The molecule has 6 heteroatoms. The van der Waals surface area contributed by atoms with Crippen LogP contribution in [-0.4, -0.2) is 19.8 Å². The zero-order chi connectivity index (χ0) is 40.6. The number of ether oxygens (including phenoxy) is 3. The second-order valence-electron chi connectivity index (χ2n) is 15.2. The lowest BCUT2D eigenvalue weighted by Gasteiger charge is -2.31. The van der Waals surface area contributed by atoms with Gasteiger partial charge in [0.2, 0.25) is 0 Å². The molecular formula is C51H65F2IO3. The van der Waals surface area contributed by atoms with Crippen molar-refractivity contribution in [2.75, 3.05) is 19.8 Å². The van der Waals surface area contributed by atoms with E-state index in [1.165, 1.54) is 89.2 Å². The highest BCUT2D eigenvalue weighted by molar-refractivity contribution is 14.1. The molecule has 4 rings (SSSR count). The van der Waals surface area contributed by atoms with Gasteiger partial charge in [-0.15, -0.1) is 0 Å². The molecule has 0 aliphatic rings. The van der Waals surface area contributed by atoms with E-state index in [2.05, 4.69) is 69.0 Å². The van der Waals surface area contributed by atoms with Gasteiger partial charge in [0.15, 0.2) is 0 Å². The van der Waals surface area contributed by atoms with Gasteiger partial charge in [0, 0.05) is 5.56 Å². The average Bonchev–Trinajstić information content (AvgIpc) is 3.23. The van der Waals surface area contributed by atoms with Crippen LogP contribution in [0.2, 0.25) is 0 Å². The fraction of sp³-hybridized carbons (Fsp3) is 0.490. The highest BCUT2D eigenvalue weighted by Crippen LogP contribution is 2.41. The fourth-order valence-corrected chi connectivity index (χ4v) is 7.44. The van der Waals surface area contributed by atoms with Gasteiger partial charge in [-0.05, 0) is 107 Å². The van der Waals surface area contributed by atoms with Crippen LogP contribution >= 0.6 is 22.6 Å². The minimum atomic E-state index is -1.01. The number of hydrogen-bond acceptors (Lipinski definition) is 3. The third kappa shape index (κ3) is 15.3. The zero-order valence-corrected chi connectivity index (χ0v) is 36.9. The first kappa shape index (κ1) is 46.1. The van der Waals surface area contributed by atoms with Gasteiger partial charge in [0.05, 0.1) is 23.4 Å². The molecule has 4 aromatic carbocycles. The van der Waals surface area contributed by atoms with Crippen molar-refractivity contribution < 1.29 is 23.0 Å². The van der Waals surface area contributed by atoms with Crippen molar-refractivity contribution >= 4 is 22.6 Å². The summed E-state index contributed by atoms with van der Waals surface area (Å²) in [5.41, 5.74) is 2.00. The Morgan fingerprint density at radius 1 is 0.456 bits per heavy atom. The van der Waals surface area contributed by atoms with E-state index in [1.54, 1.807) is 22.6 Å². The summed E-state index contributed by atoms with van der Waals surface area (Å²) in [5, 5.41) is 0. The standard InChI is InChI=1S/C51H65F2IO3/c1-4-7-10-13-16-19-36-55-45-28-22-42(23-29-45)51(35-34-41-39-48(52)50(54)49(53)40-41,43-24-30-46(31-25-43)56-37-20-17-14-11-8-5-2)44-26-32-47(33-27-44)57-38-21-18-15-12-9-6-3/h22-33,39-40H,4-21,36-38H2,1-3H3. The number of rotatable bonds is 27. The Morgan fingerprint density at radius 3 is 1.07 bits per heavy atom. The Hall–Kier alpha value is -3.57. The van der Waals surface area contributed by atoms with Gasteiger partial charge >= 0.3 is 0 Å². The summed E-state index contributed by atoms with van der Waals surface area (Å²) < 4.78 is 48.1. The maximum atomic E-state index is 14.8. The highest BCUT2D eigenvalue weighted by Gasteiger charge is 2.35. The number of halogens is 3. The number of hydrogen-bond donors (Lipinski definition) is 0. The van der Waals surface area contributed by atoms with E-state index in [9.17, 15) is 8.78 Å². The first-order valence-corrected chi connectivity index (χ1v) is 22.9. The van der Waals surface area contributed by atoms with Crippen LogP contribution in [0.5, 0.6) is 17.2 Å². The smallest absolute Gasteiger partial charge is 0.140 e. The van der Waals surface area contributed by atoms with Crippen molar-refractivity contribution in [3.05, 3.63) is 122 Å². The summed E-state index contributed by atoms with van der Waals surface area (Å²) in [6.07, 6.45) is 21.6. The number of unbranched alkanes of at least 4 members (excludes halogenated alkanes) is 15. The molecule has 0 N–H and O–H groups in total. The minimum Gasteiger partial charge on any atom is -0.494 e. The molecule has 57 heavy (non-hydrogen) atoms. The monoisotopic (exact) mass is 890 g/mol. The summed E-state index contributed by atoms with van der Waals surface area (Å²) in [7, 11) is 0. The first-order valence-electron chi connectivity index (χ1n) is 21.8. The normalized spacial score (nSPS) is 11.3. The number of benzene rings is 4. The third-order valence-corrected chi connectivity index (χ3v) is 11.6. The van der Waals surface area contributed by atoms with E-state index >= 15 is 0 Å². The Labute approximate surface area is 356 Å². The molecule has 0 radical (unpaired) electrons. The first-order chi connectivity index (χ1) is 27.9. The lowest BCUT2D eigenvalue weighted by Crippen LogP contribution is -2.28. The summed E-state index contributed by atoms with van der Waals surface area (Å²) in [5.74, 6) is 7.89. The zero-order valence-electron chi connectivity index (χ0n) is 34.8. The molecule has 0 unspecified atom stereocenters. The van der Waals surface area contributed by atoms with Crippen molar-refractivity contribution in [3.8, 4) is 29.1 Å². The van der Waals surface area contributed by atoms with E-state index in [0.717, 1.165) is 72.5 Å². The molecule has 0 aliphatic carbocycles. The van der Waals surface area contributed by atoms with E-state index < -0.39 is 17.0 Å². The molecule has 0 atom stereocenters. The van der Waals surface area contributed by atoms with Crippen LogP contribution in [0.1, 0.15) is 159 Å². The quantitative estimate of drug-likeness (QED) is 0.0196. The van der Waals surface area contributed by atoms with Crippen LogP contribution in [0.15, 0.2) is 84.9 Å². The molecule has 0 saturated carbocycles. The average molecular weight is 891 g/mol. The van der Waals surface area contributed by atoms with Crippen molar-refractivity contribution in [1.82, 2.24) is 0 Å². The predicted molar refractivity (Wildman–Crippen MR) is 242 cm³/mol. The van der Waals surface area contributed by atoms with E-state index in [1.807, 2.05) is 36.4 Å². The van der Waals surface area contributed by atoms with Crippen LogP contribution in [0.25, 0.3) is 0 Å². The summed E-state index contributed by atoms with van der Waals surface area (Å²) >= 11 is 1.69. The summed E-state index contributed by atoms with van der Waals surface area (Å²) in [6, 6.07) is 27.0. The molecule has 308 valence electrons. The van der Waals surface area contributed by atoms with Crippen LogP contribution in [0.3, 0.4) is 0 Å². The minimum absolute atomic E-state index is 0.0472. The highest BCUT2D eigenvalue weighted by atomic mass is 127. The fourth-order valence-electron chi connectivity index (χ4n) is 7.13. The van der Waals surface area contributed by atoms with Gasteiger partial charge in [-0.2, -0.15) is 0 Å². The van der Waals surface area contributed by atoms with Crippen molar-refractivity contribution in [1.29, 1.82) is 0 Å². The Kier molecular flexibility index (Phi) is 21.4. The SMILES string of the molecule is CCCCCCCCOc1ccc(C(C#Cc2cc(F)c(I)c(F)c2)(c2ccc(OCCCCCCCC)cc2)c2ccc(OCCCCCCCC)cc2)cc1. The van der Waals surface area contributed by atoms with E-state index in [0.29, 0.717) is 19.8 Å². The molecule has 0 spiro atoms. The molecule has 0 heterocycles. The summed E-state index contributed by atoms with van der Waals surface area (Å²) in [6.45, 7) is 8.70. The molecule has 0 bridgehead atoms. The molecule has 3 nitrogen and oxygen atoms in total. The second kappa shape index (κ2) is 26.4. The Balaban J connectivity index is 1.68. The second-order valence-corrected chi connectivity index (χ2v) is 16.3. The molecule has 0 aliphatic heterocycles. The van der Waals surface area contributed by atoms with Crippen LogP contribution in [-0.2, 0) is 5.41 Å². The van der Waals surface area contributed by atoms with Gasteiger partial charge in [0.25, 0.3) is 0 Å². The maximum absolute atomic E-state index is 14.8. The van der Waals surface area contributed by atoms with Gasteiger partial charge < -0.3 is 14.2 Å². The molecule has 4 aromatic rings. The lowest BCUT2D eigenvalue weighted by molar-refractivity contribution is 0.304. The third-order valence-electron chi connectivity index (χ3n) is 10.5. The largest absolute Gasteiger partial charge is 0.494 e. The van der Waals surface area contributed by atoms with Gasteiger partial charge in [-0.25, -0.2) is 8.78 Å². The van der Waals surface area contributed by atoms with Gasteiger partial charge in [0.1, 0.15) is 34.3 Å². The van der Waals surface area contributed by atoms with Crippen molar-refractivity contribution in [2.45, 2.75) is 142 Å². The van der Waals surface area contributed by atoms with Gasteiger partial charge in [-0.1, -0.05) is 165 Å². The molecule has 0 amide bonds. The molecular weight excluding hydrogens is 825 g/mol.